The Bertz CT molecular complexity index is 764. The van der Waals surface area contributed by atoms with Gasteiger partial charge in [-0.05, 0) is 60.1 Å². The van der Waals surface area contributed by atoms with Crippen LogP contribution in [0.3, 0.4) is 0 Å². The second-order valence-corrected chi connectivity index (χ2v) is 8.05. The molecule has 1 fully saturated rings. The summed E-state index contributed by atoms with van der Waals surface area (Å²) in [6, 6.07) is 13.6. The minimum atomic E-state index is -0.0966. The van der Waals surface area contributed by atoms with Gasteiger partial charge in [0.15, 0.2) is 0 Å². The minimum Gasteiger partial charge on any atom is -0.491 e. The first kappa shape index (κ1) is 20.4. The summed E-state index contributed by atoms with van der Waals surface area (Å²) in [4.78, 5) is 12.9. The largest absolute Gasteiger partial charge is 0.491 e. The van der Waals surface area contributed by atoms with Gasteiger partial charge in [-0.3, -0.25) is 4.79 Å². The third-order valence-electron chi connectivity index (χ3n) is 5.19. The van der Waals surface area contributed by atoms with Crippen molar-refractivity contribution in [1.29, 1.82) is 0 Å². The van der Waals surface area contributed by atoms with Crippen LogP contribution in [0.4, 0.5) is 5.69 Å². The van der Waals surface area contributed by atoms with Crippen LogP contribution in [0.2, 0.25) is 0 Å². The normalized spacial score (nSPS) is 16.6. The molecule has 0 unspecified atom stereocenters. The zero-order valence-corrected chi connectivity index (χ0v) is 17.3. The van der Waals surface area contributed by atoms with Gasteiger partial charge in [0.2, 0.25) is 0 Å². The van der Waals surface area contributed by atoms with Gasteiger partial charge in [-0.25, -0.2) is 0 Å². The lowest BCUT2D eigenvalue weighted by molar-refractivity contribution is 0.0679. The second kappa shape index (κ2) is 9.24. The molecule has 0 radical (unpaired) electrons. The van der Waals surface area contributed by atoms with Gasteiger partial charge in [-0.15, -0.1) is 0 Å². The Kier molecular flexibility index (Phi) is 6.74. The highest BCUT2D eigenvalue weighted by atomic mass is 16.5. The van der Waals surface area contributed by atoms with Crippen LogP contribution in [0.25, 0.3) is 0 Å². The van der Waals surface area contributed by atoms with E-state index in [9.17, 15) is 4.79 Å². The van der Waals surface area contributed by atoms with E-state index >= 15 is 0 Å². The van der Waals surface area contributed by atoms with E-state index in [-0.39, 0.29) is 12.0 Å². The number of para-hydroxylation sites is 1. The molecule has 4 heteroatoms. The van der Waals surface area contributed by atoms with Crippen molar-refractivity contribution < 1.29 is 14.3 Å². The van der Waals surface area contributed by atoms with Crippen molar-refractivity contribution in [3.63, 3.8) is 0 Å². The first-order valence-electron chi connectivity index (χ1n) is 10.2. The molecule has 1 N–H and O–H groups in total. The van der Waals surface area contributed by atoms with Crippen molar-refractivity contribution in [2.24, 2.45) is 0 Å². The zero-order chi connectivity index (χ0) is 20.1. The number of amides is 1. The van der Waals surface area contributed by atoms with Crippen molar-refractivity contribution in [2.75, 3.05) is 18.5 Å². The summed E-state index contributed by atoms with van der Waals surface area (Å²) < 4.78 is 11.4. The maximum atomic E-state index is 12.9. The van der Waals surface area contributed by atoms with Crippen molar-refractivity contribution in [1.82, 2.24) is 0 Å². The smallest absolute Gasteiger partial charge is 0.255 e. The Hall–Kier alpha value is -2.33. The number of hydrogen-bond acceptors (Lipinski definition) is 3. The molecule has 0 aromatic heterocycles. The maximum absolute atomic E-state index is 12.9. The molecule has 1 aliphatic rings. The van der Waals surface area contributed by atoms with Crippen molar-refractivity contribution in [3.8, 4) is 5.75 Å². The summed E-state index contributed by atoms with van der Waals surface area (Å²) in [6.07, 6.45) is 2.34. The molecule has 0 aliphatic carbocycles. The molecule has 28 heavy (non-hydrogen) atoms. The predicted molar refractivity (Wildman–Crippen MR) is 113 cm³/mol. The van der Waals surface area contributed by atoms with Crippen LogP contribution in [0.15, 0.2) is 42.5 Å². The topological polar surface area (TPSA) is 47.6 Å². The third-order valence-corrected chi connectivity index (χ3v) is 5.19. The van der Waals surface area contributed by atoms with Crippen molar-refractivity contribution in [2.45, 2.75) is 58.5 Å². The van der Waals surface area contributed by atoms with Gasteiger partial charge in [0.05, 0.1) is 6.10 Å². The van der Waals surface area contributed by atoms with Gasteiger partial charge >= 0.3 is 0 Å². The Balaban J connectivity index is 1.71. The first-order chi connectivity index (χ1) is 13.5. The van der Waals surface area contributed by atoms with Crippen LogP contribution in [0, 0.1) is 0 Å². The van der Waals surface area contributed by atoms with Gasteiger partial charge in [0.25, 0.3) is 5.91 Å². The van der Waals surface area contributed by atoms with Crippen molar-refractivity contribution >= 4 is 11.6 Å². The summed E-state index contributed by atoms with van der Waals surface area (Å²) in [5, 5.41) is 3.15. The lowest BCUT2D eigenvalue weighted by Gasteiger charge is -2.20. The third kappa shape index (κ3) is 4.93. The molecule has 2 aromatic rings. The minimum absolute atomic E-state index is 0.0966. The average molecular weight is 382 g/mol. The second-order valence-electron chi connectivity index (χ2n) is 8.05. The summed E-state index contributed by atoms with van der Waals surface area (Å²) in [7, 11) is 0. The molecule has 3 rings (SSSR count). The highest BCUT2D eigenvalue weighted by molar-refractivity contribution is 6.05. The summed E-state index contributed by atoms with van der Waals surface area (Å²) >= 11 is 0. The molecule has 1 aliphatic heterocycles. The van der Waals surface area contributed by atoms with Gasteiger partial charge in [-0.2, -0.15) is 0 Å². The number of carbonyl (C=O) groups excluding carboxylic acids is 1. The van der Waals surface area contributed by atoms with E-state index in [1.807, 2.05) is 24.3 Å². The van der Waals surface area contributed by atoms with E-state index in [4.69, 9.17) is 9.47 Å². The van der Waals surface area contributed by atoms with E-state index in [2.05, 4.69) is 51.2 Å². The summed E-state index contributed by atoms with van der Waals surface area (Å²) in [5.74, 6) is 1.34. The quantitative estimate of drug-likeness (QED) is 0.665. The average Bonchev–Trinajstić information content (AvgIpc) is 3.20. The number of benzene rings is 2. The fourth-order valence-electron chi connectivity index (χ4n) is 3.55. The van der Waals surface area contributed by atoms with Gasteiger partial charge in [0, 0.05) is 17.9 Å². The fourth-order valence-corrected chi connectivity index (χ4v) is 3.55. The Morgan fingerprint density at radius 2 is 1.71 bits per heavy atom. The lowest BCUT2D eigenvalue weighted by atomic mass is 9.92. The molecular formula is C24H31NO3. The van der Waals surface area contributed by atoms with Crippen LogP contribution in [0.5, 0.6) is 5.75 Å². The molecule has 1 heterocycles. The van der Waals surface area contributed by atoms with E-state index < -0.39 is 0 Å². The number of carbonyl (C=O) groups is 1. The lowest BCUT2D eigenvalue weighted by Crippen LogP contribution is -2.17. The molecule has 2 aromatic carbocycles. The number of hydrogen-bond donors (Lipinski definition) is 1. The Morgan fingerprint density at radius 3 is 2.25 bits per heavy atom. The van der Waals surface area contributed by atoms with E-state index in [0.717, 1.165) is 42.0 Å². The fraction of sp³-hybridized carbons (Fsp3) is 0.458. The number of rotatable bonds is 7. The maximum Gasteiger partial charge on any atom is 0.255 e. The molecule has 1 amide bonds. The van der Waals surface area contributed by atoms with Crippen molar-refractivity contribution in [3.05, 3.63) is 59.2 Å². The molecule has 0 saturated carbocycles. The monoisotopic (exact) mass is 381 g/mol. The number of nitrogens with one attached hydrogen (secondary N) is 1. The van der Waals surface area contributed by atoms with Gasteiger partial charge in [-0.1, -0.05) is 45.9 Å². The first-order valence-corrected chi connectivity index (χ1v) is 10.2. The van der Waals surface area contributed by atoms with Crippen LogP contribution in [0.1, 0.15) is 73.9 Å². The highest BCUT2D eigenvalue weighted by Crippen LogP contribution is 2.32. The molecule has 1 saturated heterocycles. The molecule has 0 bridgehead atoms. The van der Waals surface area contributed by atoms with E-state index in [1.165, 1.54) is 0 Å². The molecule has 150 valence electrons. The van der Waals surface area contributed by atoms with E-state index in [1.54, 1.807) is 0 Å². The highest BCUT2D eigenvalue weighted by Gasteiger charge is 2.18. The standard InChI is InChI=1S/C24H31NO3/c1-16(2)21-8-5-9-22(17(3)4)23(21)25-24(26)18-10-12-19(13-11-18)28-15-20-7-6-14-27-20/h5,8-13,16-17,20H,6-7,14-15H2,1-4H3,(H,25,26)/t20-/m1/s1. The Morgan fingerprint density at radius 1 is 1.07 bits per heavy atom. The number of ether oxygens (including phenoxy) is 2. The molecule has 4 nitrogen and oxygen atoms in total. The van der Waals surface area contributed by atoms with E-state index in [0.29, 0.717) is 24.0 Å². The Labute approximate surface area is 168 Å². The van der Waals surface area contributed by atoms with Crippen LogP contribution in [-0.4, -0.2) is 25.2 Å². The summed E-state index contributed by atoms with van der Waals surface area (Å²) in [6.45, 7) is 9.98. The molecule has 1 atom stereocenters. The molecular weight excluding hydrogens is 350 g/mol. The SMILES string of the molecule is CC(C)c1cccc(C(C)C)c1NC(=O)c1ccc(OC[C@H]2CCCO2)cc1. The van der Waals surface area contributed by atoms with Crippen LogP contribution < -0.4 is 10.1 Å². The van der Waals surface area contributed by atoms with Gasteiger partial charge in [0.1, 0.15) is 12.4 Å². The van der Waals surface area contributed by atoms with Gasteiger partial charge < -0.3 is 14.8 Å². The summed E-state index contributed by atoms with van der Waals surface area (Å²) in [5.41, 5.74) is 3.89. The predicted octanol–water partition coefficient (Wildman–Crippen LogP) is 5.74. The molecule has 0 spiro atoms. The van der Waals surface area contributed by atoms with Crippen LogP contribution in [-0.2, 0) is 4.74 Å². The zero-order valence-electron chi connectivity index (χ0n) is 17.3. The van der Waals surface area contributed by atoms with Crippen LogP contribution >= 0.6 is 0 Å². The number of anilines is 1.